The summed E-state index contributed by atoms with van der Waals surface area (Å²) >= 11 is 0. The van der Waals surface area contributed by atoms with Crippen LogP contribution in [-0.2, 0) is 9.84 Å². The van der Waals surface area contributed by atoms with Crippen LogP contribution in [0.2, 0.25) is 0 Å². The number of benzene rings is 1. The number of sulfone groups is 1. The van der Waals surface area contributed by atoms with Gasteiger partial charge in [-0.25, -0.2) is 8.42 Å². The molecule has 0 aromatic heterocycles. The Labute approximate surface area is 116 Å². The van der Waals surface area contributed by atoms with Gasteiger partial charge in [-0.15, -0.1) is 0 Å². The number of non-ortho nitro benzene ring substituents is 1. The van der Waals surface area contributed by atoms with E-state index in [1.807, 2.05) is 6.92 Å². The van der Waals surface area contributed by atoms with Crippen molar-refractivity contribution in [3.05, 3.63) is 33.9 Å². The molecule has 1 aromatic rings. The Morgan fingerprint density at radius 3 is 2.45 bits per heavy atom. The molecule has 2 atom stereocenters. The van der Waals surface area contributed by atoms with Crippen molar-refractivity contribution in [2.75, 3.05) is 6.26 Å². The lowest BCUT2D eigenvalue weighted by Gasteiger charge is -2.06. The van der Waals surface area contributed by atoms with E-state index in [1.54, 1.807) is 0 Å². The maximum Gasteiger partial charge on any atom is 0.271 e. The summed E-state index contributed by atoms with van der Waals surface area (Å²) in [6, 6.07) is 3.25. The molecule has 1 aliphatic carbocycles. The topological polar surface area (TPSA) is 106 Å². The summed E-state index contributed by atoms with van der Waals surface area (Å²) < 4.78 is 23.0. The predicted molar refractivity (Wildman–Crippen MR) is 71.2 cm³/mol. The molecule has 1 aromatic carbocycles. The Bertz CT molecular complexity index is 683. The molecule has 1 saturated carbocycles. The second-order valence-corrected chi connectivity index (χ2v) is 7.05. The van der Waals surface area contributed by atoms with E-state index < -0.39 is 26.4 Å². The number of carbonyl (C=O) groups excluding carboxylic acids is 1. The van der Waals surface area contributed by atoms with Crippen LogP contribution in [0.4, 0.5) is 5.69 Å². The standard InChI is InChI=1S/C12H14N2O5S/c1-7-3-11(7)13-12(15)8-4-9(14(16)17)6-10(5-8)20(2,18)19/h4-7,11H,3H2,1-2H3,(H,13,15)/t7-,11+/m0/s1. The van der Waals surface area contributed by atoms with E-state index in [0.29, 0.717) is 5.92 Å². The Balaban J connectivity index is 2.39. The summed E-state index contributed by atoms with van der Waals surface area (Å²) in [5.41, 5.74) is -0.430. The molecule has 108 valence electrons. The third-order valence-electron chi connectivity index (χ3n) is 3.22. The molecule has 0 spiro atoms. The fraction of sp³-hybridized carbons (Fsp3) is 0.417. The van der Waals surface area contributed by atoms with Crippen LogP contribution in [0.3, 0.4) is 0 Å². The smallest absolute Gasteiger partial charge is 0.271 e. The molecule has 0 heterocycles. The zero-order valence-electron chi connectivity index (χ0n) is 11.0. The molecule has 7 nitrogen and oxygen atoms in total. The lowest BCUT2D eigenvalue weighted by Crippen LogP contribution is -2.26. The maximum absolute atomic E-state index is 12.0. The number of amides is 1. The number of nitro benzene ring substituents is 1. The average Bonchev–Trinajstić information content (AvgIpc) is 3.03. The van der Waals surface area contributed by atoms with Crippen molar-refractivity contribution in [3.8, 4) is 0 Å². The van der Waals surface area contributed by atoms with Gasteiger partial charge in [0.1, 0.15) is 0 Å². The molecule has 20 heavy (non-hydrogen) atoms. The van der Waals surface area contributed by atoms with E-state index in [-0.39, 0.29) is 16.5 Å². The third-order valence-corrected chi connectivity index (χ3v) is 4.31. The highest BCUT2D eigenvalue weighted by Crippen LogP contribution is 2.29. The van der Waals surface area contributed by atoms with E-state index in [4.69, 9.17) is 0 Å². The minimum atomic E-state index is -3.62. The molecule has 1 fully saturated rings. The van der Waals surface area contributed by atoms with Gasteiger partial charge in [0.05, 0.1) is 9.82 Å². The second kappa shape index (κ2) is 4.86. The van der Waals surface area contributed by atoms with Gasteiger partial charge >= 0.3 is 0 Å². The SMILES string of the molecule is C[C@H]1C[C@H]1NC(=O)c1cc([N+](=O)[O-])cc(S(C)(=O)=O)c1. The first kappa shape index (κ1) is 14.4. The van der Waals surface area contributed by atoms with Gasteiger partial charge in [0.15, 0.2) is 9.84 Å². The number of hydrogen-bond donors (Lipinski definition) is 1. The first-order chi connectivity index (χ1) is 9.18. The summed E-state index contributed by atoms with van der Waals surface area (Å²) in [4.78, 5) is 21.8. The van der Waals surface area contributed by atoms with Crippen LogP contribution >= 0.6 is 0 Å². The molecule has 0 bridgehead atoms. The quantitative estimate of drug-likeness (QED) is 0.662. The number of carbonyl (C=O) groups is 1. The van der Waals surface area contributed by atoms with E-state index in [0.717, 1.165) is 30.9 Å². The molecule has 0 unspecified atom stereocenters. The van der Waals surface area contributed by atoms with E-state index >= 15 is 0 Å². The highest BCUT2D eigenvalue weighted by Gasteiger charge is 2.34. The first-order valence-electron chi connectivity index (χ1n) is 5.99. The fourth-order valence-electron chi connectivity index (χ4n) is 1.81. The molecule has 1 aliphatic rings. The Hall–Kier alpha value is -1.96. The first-order valence-corrected chi connectivity index (χ1v) is 7.88. The Morgan fingerprint density at radius 2 is 2.00 bits per heavy atom. The molecule has 1 N–H and O–H groups in total. The molecular weight excluding hydrogens is 284 g/mol. The maximum atomic E-state index is 12.0. The van der Waals surface area contributed by atoms with Gasteiger partial charge in [-0.2, -0.15) is 0 Å². The van der Waals surface area contributed by atoms with E-state index in [1.165, 1.54) is 0 Å². The molecule has 1 amide bonds. The van der Waals surface area contributed by atoms with E-state index in [9.17, 15) is 23.3 Å². The monoisotopic (exact) mass is 298 g/mol. The number of nitrogens with zero attached hydrogens (tertiary/aromatic N) is 1. The lowest BCUT2D eigenvalue weighted by atomic mass is 10.2. The third kappa shape index (κ3) is 3.13. The molecular formula is C12H14N2O5S. The molecule has 0 saturated heterocycles. The minimum absolute atomic E-state index is 0.0151. The zero-order chi connectivity index (χ0) is 15.1. The van der Waals surface area contributed by atoms with E-state index in [2.05, 4.69) is 5.32 Å². The van der Waals surface area contributed by atoms with Crippen molar-refractivity contribution in [2.24, 2.45) is 5.92 Å². The van der Waals surface area contributed by atoms with Gasteiger partial charge in [-0.3, -0.25) is 14.9 Å². The number of nitrogens with one attached hydrogen (secondary N) is 1. The summed E-state index contributed by atoms with van der Waals surface area (Å²) in [5, 5.41) is 13.5. The summed E-state index contributed by atoms with van der Waals surface area (Å²) in [6.07, 6.45) is 1.80. The van der Waals surface area contributed by atoms with Crippen LogP contribution in [-0.4, -0.2) is 31.5 Å². The summed E-state index contributed by atoms with van der Waals surface area (Å²) in [7, 11) is -3.62. The lowest BCUT2D eigenvalue weighted by molar-refractivity contribution is -0.385. The van der Waals surface area contributed by atoms with Crippen LogP contribution in [0, 0.1) is 16.0 Å². The Kier molecular flexibility index (Phi) is 3.51. The van der Waals surface area contributed by atoms with Crippen molar-refractivity contribution in [1.82, 2.24) is 5.32 Å². The van der Waals surface area contributed by atoms with Crippen LogP contribution < -0.4 is 5.32 Å². The van der Waals surface area contributed by atoms with Gasteiger partial charge in [0.25, 0.3) is 11.6 Å². The minimum Gasteiger partial charge on any atom is -0.349 e. The Morgan fingerprint density at radius 1 is 1.40 bits per heavy atom. The summed E-state index contributed by atoms with van der Waals surface area (Å²) in [5.74, 6) is -0.111. The van der Waals surface area contributed by atoms with Crippen LogP contribution in [0.15, 0.2) is 23.1 Å². The summed E-state index contributed by atoms with van der Waals surface area (Å²) in [6.45, 7) is 1.97. The van der Waals surface area contributed by atoms with Crippen molar-refractivity contribution >= 4 is 21.4 Å². The second-order valence-electron chi connectivity index (χ2n) is 5.04. The van der Waals surface area contributed by atoms with Crippen LogP contribution in [0.25, 0.3) is 0 Å². The number of hydrogen-bond acceptors (Lipinski definition) is 5. The van der Waals surface area contributed by atoms with Crippen molar-refractivity contribution in [1.29, 1.82) is 0 Å². The highest BCUT2D eigenvalue weighted by molar-refractivity contribution is 7.90. The van der Waals surface area contributed by atoms with Gasteiger partial charge in [0.2, 0.25) is 0 Å². The van der Waals surface area contributed by atoms with Gasteiger partial charge in [-0.1, -0.05) is 6.92 Å². The largest absolute Gasteiger partial charge is 0.349 e. The number of nitro groups is 1. The fourth-order valence-corrected chi connectivity index (χ4v) is 2.48. The van der Waals surface area contributed by atoms with Gasteiger partial charge in [-0.05, 0) is 18.4 Å². The van der Waals surface area contributed by atoms with Crippen molar-refractivity contribution in [2.45, 2.75) is 24.3 Å². The molecule has 8 heteroatoms. The van der Waals surface area contributed by atoms with Crippen molar-refractivity contribution < 1.29 is 18.1 Å². The molecule has 2 rings (SSSR count). The van der Waals surface area contributed by atoms with Crippen molar-refractivity contribution in [3.63, 3.8) is 0 Å². The zero-order valence-corrected chi connectivity index (χ0v) is 11.8. The van der Waals surface area contributed by atoms with Crippen LogP contribution in [0.1, 0.15) is 23.7 Å². The predicted octanol–water partition coefficient (Wildman–Crippen LogP) is 1.14. The normalized spacial score (nSPS) is 21.3. The van der Waals surface area contributed by atoms with Crippen LogP contribution in [0.5, 0.6) is 0 Å². The average molecular weight is 298 g/mol. The molecule has 0 radical (unpaired) electrons. The number of rotatable bonds is 4. The van der Waals surface area contributed by atoms with Gasteiger partial charge in [0, 0.05) is 30.0 Å². The highest BCUT2D eigenvalue weighted by atomic mass is 32.2. The molecule has 0 aliphatic heterocycles. The van der Waals surface area contributed by atoms with Gasteiger partial charge < -0.3 is 5.32 Å².